The van der Waals surface area contributed by atoms with Gasteiger partial charge in [0.25, 0.3) is 0 Å². The molecule has 1 amide bonds. The molecular weight excluding hydrogens is 542 g/mol. The van der Waals surface area contributed by atoms with Gasteiger partial charge < -0.3 is 18.9 Å². The van der Waals surface area contributed by atoms with Crippen molar-refractivity contribution >= 4 is 23.4 Å². The van der Waals surface area contributed by atoms with E-state index in [1.807, 2.05) is 36.4 Å². The Morgan fingerprint density at radius 3 is 2.33 bits per heavy atom. The van der Waals surface area contributed by atoms with Gasteiger partial charge in [0.15, 0.2) is 23.0 Å². The first-order valence-electron chi connectivity index (χ1n) is 13.6. The van der Waals surface area contributed by atoms with E-state index >= 15 is 0 Å². The number of amides is 1. The molecule has 0 unspecified atom stereocenters. The van der Waals surface area contributed by atoms with E-state index < -0.39 is 16.9 Å². The second-order valence-electron chi connectivity index (χ2n) is 9.95. The number of ether oxygens (including phenoxy) is 4. The number of aromatic nitrogens is 2. The first-order chi connectivity index (χ1) is 20.3. The van der Waals surface area contributed by atoms with Gasteiger partial charge in [0, 0.05) is 12.5 Å². The standard InChI is InChI=1S/C30H33N5O7/c1-6-33-17-22(35(37)38)28(31-33)30(36)34-29(20-11-13-24(40-3)26(16-20)42-5)21-9-7-8-19(27(21)32-34)14-18-10-12-23(39-2)25(15-18)41-4/h10-17,21,29H,6-9H2,1-5H3/b19-14-/t21-,29-/m0/s1. The fraction of sp³-hybridized carbons (Fsp3) is 0.367. The third-order valence-corrected chi connectivity index (χ3v) is 7.67. The largest absolute Gasteiger partial charge is 0.493 e. The number of nitro groups is 1. The summed E-state index contributed by atoms with van der Waals surface area (Å²) in [7, 11) is 6.28. The number of rotatable bonds is 9. The van der Waals surface area contributed by atoms with E-state index in [0.717, 1.165) is 41.7 Å². The minimum Gasteiger partial charge on any atom is -0.493 e. The second-order valence-corrected chi connectivity index (χ2v) is 9.95. The number of aryl methyl sites for hydroxylation is 1. The highest BCUT2D eigenvalue weighted by Gasteiger charge is 2.46. The molecule has 1 saturated carbocycles. The molecule has 12 nitrogen and oxygen atoms in total. The first kappa shape index (κ1) is 28.7. The Balaban J connectivity index is 1.63. The zero-order valence-electron chi connectivity index (χ0n) is 24.2. The van der Waals surface area contributed by atoms with Crippen LogP contribution in [0, 0.1) is 16.0 Å². The van der Waals surface area contributed by atoms with Crippen LogP contribution in [0.4, 0.5) is 5.69 Å². The topological polar surface area (TPSA) is 131 Å². The molecule has 1 aliphatic heterocycles. The highest BCUT2D eigenvalue weighted by atomic mass is 16.6. The average molecular weight is 576 g/mol. The third-order valence-electron chi connectivity index (χ3n) is 7.67. The number of carbonyl (C=O) groups is 1. The van der Waals surface area contributed by atoms with E-state index in [1.165, 1.54) is 15.9 Å². The lowest BCUT2D eigenvalue weighted by atomic mass is 9.77. The Labute approximate surface area is 243 Å². The van der Waals surface area contributed by atoms with Crippen molar-refractivity contribution in [3.63, 3.8) is 0 Å². The van der Waals surface area contributed by atoms with E-state index in [4.69, 9.17) is 24.0 Å². The van der Waals surface area contributed by atoms with Gasteiger partial charge in [-0.1, -0.05) is 12.1 Å². The van der Waals surface area contributed by atoms with E-state index in [9.17, 15) is 14.9 Å². The zero-order chi connectivity index (χ0) is 30.0. The number of hydrazone groups is 1. The summed E-state index contributed by atoms with van der Waals surface area (Å²) in [6.45, 7) is 2.18. The molecule has 2 aliphatic rings. The predicted octanol–water partition coefficient (Wildman–Crippen LogP) is 5.28. The smallest absolute Gasteiger partial charge is 0.320 e. The minimum absolute atomic E-state index is 0.153. The van der Waals surface area contributed by atoms with Crippen LogP contribution in [0.25, 0.3) is 6.08 Å². The number of carbonyl (C=O) groups excluding carboxylic acids is 1. The quantitative estimate of drug-likeness (QED) is 0.249. The highest BCUT2D eigenvalue weighted by molar-refractivity contribution is 6.09. The van der Waals surface area contributed by atoms with Gasteiger partial charge in [0.2, 0.25) is 5.69 Å². The van der Waals surface area contributed by atoms with Crippen molar-refractivity contribution in [3.8, 4) is 23.0 Å². The van der Waals surface area contributed by atoms with Crippen LogP contribution in [0.1, 0.15) is 53.8 Å². The molecule has 0 radical (unpaired) electrons. The minimum atomic E-state index is -0.638. The maximum absolute atomic E-state index is 14.1. The third kappa shape index (κ3) is 5.15. The van der Waals surface area contributed by atoms with Crippen LogP contribution in [0.2, 0.25) is 0 Å². The van der Waals surface area contributed by atoms with Crippen LogP contribution in [-0.2, 0) is 6.54 Å². The van der Waals surface area contributed by atoms with Crippen LogP contribution in [0.3, 0.4) is 0 Å². The molecule has 2 atom stereocenters. The Bertz CT molecular complexity index is 1580. The summed E-state index contributed by atoms with van der Waals surface area (Å²) < 4.78 is 23.2. The average Bonchev–Trinajstić information content (AvgIpc) is 3.63. The summed E-state index contributed by atoms with van der Waals surface area (Å²) in [6.07, 6.45) is 5.72. The zero-order valence-corrected chi connectivity index (χ0v) is 24.2. The first-order valence-corrected chi connectivity index (χ1v) is 13.6. The molecule has 42 heavy (non-hydrogen) atoms. The van der Waals surface area contributed by atoms with Crippen molar-refractivity contribution in [3.05, 3.63) is 75.1 Å². The Hall–Kier alpha value is -4.87. The molecule has 3 aromatic rings. The SMILES string of the molecule is CCn1cc([N+](=O)[O-])c(C(=O)N2N=C3/C(=C\c4ccc(OC)c(OC)c4)CCC[C@@H]3[C@@H]2c2ccc(OC)c(OC)c2)n1. The molecule has 5 rings (SSSR count). The number of nitrogens with zero attached hydrogens (tertiary/aromatic N) is 5. The molecule has 2 aromatic carbocycles. The summed E-state index contributed by atoms with van der Waals surface area (Å²) >= 11 is 0. The molecule has 12 heteroatoms. The van der Waals surface area contributed by atoms with E-state index in [2.05, 4.69) is 5.10 Å². The molecule has 1 fully saturated rings. The normalized spacial score (nSPS) is 18.8. The van der Waals surface area contributed by atoms with Crippen LogP contribution < -0.4 is 18.9 Å². The molecule has 0 spiro atoms. The van der Waals surface area contributed by atoms with Crippen molar-refractivity contribution in [1.29, 1.82) is 0 Å². The maximum Gasteiger partial charge on any atom is 0.320 e. The molecule has 0 bridgehead atoms. The Morgan fingerprint density at radius 1 is 1.02 bits per heavy atom. The van der Waals surface area contributed by atoms with Gasteiger partial charge >= 0.3 is 11.6 Å². The lowest BCUT2D eigenvalue weighted by molar-refractivity contribution is -0.385. The highest BCUT2D eigenvalue weighted by Crippen LogP contribution is 2.47. The molecule has 0 saturated heterocycles. The van der Waals surface area contributed by atoms with Gasteiger partial charge in [-0.25, -0.2) is 5.01 Å². The van der Waals surface area contributed by atoms with E-state index in [1.54, 1.807) is 41.4 Å². The van der Waals surface area contributed by atoms with Gasteiger partial charge in [-0.2, -0.15) is 10.2 Å². The predicted molar refractivity (Wildman–Crippen MR) is 155 cm³/mol. The molecule has 1 aromatic heterocycles. The Morgan fingerprint density at radius 2 is 1.69 bits per heavy atom. The summed E-state index contributed by atoms with van der Waals surface area (Å²) in [5, 5.41) is 22.3. The van der Waals surface area contributed by atoms with Gasteiger partial charge in [-0.15, -0.1) is 0 Å². The number of hydrogen-bond acceptors (Lipinski definition) is 9. The van der Waals surface area contributed by atoms with Crippen LogP contribution in [-0.4, -0.2) is 59.8 Å². The summed E-state index contributed by atoms with van der Waals surface area (Å²) in [4.78, 5) is 25.3. The fourth-order valence-corrected chi connectivity index (χ4v) is 5.65. The number of allylic oxidation sites excluding steroid dienone is 1. The van der Waals surface area contributed by atoms with E-state index in [-0.39, 0.29) is 17.3 Å². The molecule has 2 heterocycles. The second kappa shape index (κ2) is 11.9. The number of hydrogen-bond donors (Lipinski definition) is 0. The Kier molecular flexibility index (Phi) is 8.14. The molecular formula is C30H33N5O7. The molecule has 1 aliphatic carbocycles. The fourth-order valence-electron chi connectivity index (χ4n) is 5.65. The summed E-state index contributed by atoms with van der Waals surface area (Å²) in [5.41, 5.74) is 2.81. The van der Waals surface area contributed by atoms with Gasteiger partial charge in [0.05, 0.1) is 45.1 Å². The lowest BCUT2D eigenvalue weighted by Crippen LogP contribution is -2.32. The van der Waals surface area contributed by atoms with Crippen LogP contribution in [0.15, 0.2) is 53.3 Å². The van der Waals surface area contributed by atoms with E-state index in [0.29, 0.717) is 29.5 Å². The molecule has 220 valence electrons. The maximum atomic E-state index is 14.1. The number of fused-ring (bicyclic) bond motifs is 1. The van der Waals surface area contributed by atoms with Crippen molar-refractivity contribution < 1.29 is 28.7 Å². The van der Waals surface area contributed by atoms with Crippen molar-refractivity contribution in [2.45, 2.75) is 38.8 Å². The van der Waals surface area contributed by atoms with Gasteiger partial charge in [0.1, 0.15) is 6.20 Å². The number of benzene rings is 2. The van der Waals surface area contributed by atoms with Crippen LogP contribution >= 0.6 is 0 Å². The molecule has 0 N–H and O–H groups in total. The lowest BCUT2D eigenvalue weighted by Gasteiger charge is -2.29. The summed E-state index contributed by atoms with van der Waals surface area (Å²) in [5.74, 6) is 1.49. The van der Waals surface area contributed by atoms with Crippen molar-refractivity contribution in [2.24, 2.45) is 11.0 Å². The summed E-state index contributed by atoms with van der Waals surface area (Å²) in [6, 6.07) is 10.6. The van der Waals surface area contributed by atoms with Crippen LogP contribution in [0.5, 0.6) is 23.0 Å². The monoisotopic (exact) mass is 575 g/mol. The van der Waals surface area contributed by atoms with Crippen molar-refractivity contribution in [1.82, 2.24) is 14.8 Å². The number of methoxy groups -OCH3 is 4. The van der Waals surface area contributed by atoms with Crippen molar-refractivity contribution in [2.75, 3.05) is 28.4 Å². The van der Waals surface area contributed by atoms with Gasteiger partial charge in [-0.3, -0.25) is 19.6 Å². The van der Waals surface area contributed by atoms with Gasteiger partial charge in [-0.05, 0) is 73.2 Å².